The molecule has 0 saturated heterocycles. The third kappa shape index (κ3) is 4.88. The van der Waals surface area contributed by atoms with Crippen molar-refractivity contribution in [1.82, 2.24) is 5.32 Å². The number of rotatable bonds is 6. The number of carbonyl (C=O) groups excluding carboxylic acids is 2. The first-order chi connectivity index (χ1) is 10.4. The van der Waals surface area contributed by atoms with Crippen LogP contribution in [0.4, 0.5) is 0 Å². The van der Waals surface area contributed by atoms with E-state index in [4.69, 9.17) is 21.1 Å². The van der Waals surface area contributed by atoms with Crippen LogP contribution in [0.25, 0.3) is 0 Å². The molecule has 7 heteroatoms. The molecule has 1 aromatic rings. The summed E-state index contributed by atoms with van der Waals surface area (Å²) >= 11 is 9.39. The van der Waals surface area contributed by atoms with Gasteiger partial charge in [-0.2, -0.15) is 0 Å². The second kappa shape index (κ2) is 7.33. The number of benzene rings is 1. The van der Waals surface area contributed by atoms with Crippen LogP contribution in [0.1, 0.15) is 25.3 Å². The van der Waals surface area contributed by atoms with E-state index in [0.717, 1.165) is 22.9 Å². The maximum absolute atomic E-state index is 11.7. The van der Waals surface area contributed by atoms with Crippen LogP contribution in [0.3, 0.4) is 0 Å². The fourth-order valence-electron chi connectivity index (χ4n) is 1.83. The molecule has 0 aliphatic heterocycles. The average molecular weight is 391 g/mol. The van der Waals surface area contributed by atoms with E-state index in [1.807, 2.05) is 13.0 Å². The topological polar surface area (TPSA) is 64.6 Å². The van der Waals surface area contributed by atoms with Crippen LogP contribution in [-0.4, -0.2) is 30.6 Å². The highest BCUT2D eigenvalue weighted by atomic mass is 79.9. The molecule has 0 heterocycles. The van der Waals surface area contributed by atoms with Crippen molar-refractivity contribution in [3.63, 3.8) is 0 Å². The Labute approximate surface area is 142 Å². The zero-order valence-corrected chi connectivity index (χ0v) is 14.7. The molecule has 0 bridgehead atoms. The van der Waals surface area contributed by atoms with Gasteiger partial charge in [0.15, 0.2) is 12.7 Å². The zero-order valence-electron chi connectivity index (χ0n) is 12.3. The largest absolute Gasteiger partial charge is 0.480 e. The Hall–Kier alpha value is -1.27. The quantitative estimate of drug-likeness (QED) is 0.758. The first-order valence-electron chi connectivity index (χ1n) is 6.95. The van der Waals surface area contributed by atoms with Crippen molar-refractivity contribution in [1.29, 1.82) is 0 Å². The van der Waals surface area contributed by atoms with Gasteiger partial charge >= 0.3 is 5.97 Å². The van der Waals surface area contributed by atoms with Crippen LogP contribution in [0.5, 0.6) is 5.75 Å². The summed E-state index contributed by atoms with van der Waals surface area (Å²) < 4.78 is 11.3. The SMILES string of the molecule is Cc1cc(Br)cc(Cl)c1OCC(=O)O[C@@H](C)C(=O)NC1CC1. The minimum Gasteiger partial charge on any atom is -0.480 e. The van der Waals surface area contributed by atoms with Gasteiger partial charge in [0, 0.05) is 10.5 Å². The summed E-state index contributed by atoms with van der Waals surface area (Å²) in [7, 11) is 0. The van der Waals surface area contributed by atoms with E-state index in [1.54, 1.807) is 6.07 Å². The number of esters is 1. The van der Waals surface area contributed by atoms with Crippen LogP contribution in [0.15, 0.2) is 16.6 Å². The summed E-state index contributed by atoms with van der Waals surface area (Å²) in [5, 5.41) is 3.18. The summed E-state index contributed by atoms with van der Waals surface area (Å²) in [6.45, 7) is 3.06. The standard InChI is InChI=1S/C15H17BrClNO4/c1-8-5-10(16)6-12(17)14(8)21-7-13(19)22-9(2)15(20)18-11-3-4-11/h5-6,9,11H,3-4,7H2,1-2H3,(H,18,20)/t9-/m0/s1. The summed E-state index contributed by atoms with van der Waals surface area (Å²) in [4.78, 5) is 23.4. The van der Waals surface area contributed by atoms with E-state index in [9.17, 15) is 9.59 Å². The van der Waals surface area contributed by atoms with Gasteiger partial charge in [-0.3, -0.25) is 4.79 Å². The Bertz CT molecular complexity index is 566. The lowest BCUT2D eigenvalue weighted by atomic mass is 10.2. The highest BCUT2D eigenvalue weighted by Crippen LogP contribution is 2.31. The van der Waals surface area contributed by atoms with Gasteiger partial charge in [-0.1, -0.05) is 27.5 Å². The molecule has 0 aromatic heterocycles. The second-order valence-corrected chi connectivity index (χ2v) is 6.56. The third-order valence-corrected chi connectivity index (χ3v) is 3.87. The minimum atomic E-state index is -0.835. The highest BCUT2D eigenvalue weighted by Gasteiger charge is 2.27. The summed E-state index contributed by atoms with van der Waals surface area (Å²) in [6.07, 6.45) is 1.13. The first-order valence-corrected chi connectivity index (χ1v) is 8.12. The van der Waals surface area contributed by atoms with E-state index in [-0.39, 0.29) is 18.6 Å². The molecule has 0 spiro atoms. The van der Waals surface area contributed by atoms with Crippen molar-refractivity contribution in [2.75, 3.05) is 6.61 Å². The third-order valence-electron chi connectivity index (χ3n) is 3.13. The molecule has 1 amide bonds. The fourth-order valence-corrected chi connectivity index (χ4v) is 2.86. The monoisotopic (exact) mass is 389 g/mol. The molecule has 22 heavy (non-hydrogen) atoms. The number of amides is 1. The molecule has 120 valence electrons. The molecule has 1 aromatic carbocycles. The zero-order chi connectivity index (χ0) is 16.3. The van der Waals surface area contributed by atoms with Gasteiger partial charge in [0.25, 0.3) is 5.91 Å². The maximum Gasteiger partial charge on any atom is 0.344 e. The molecule has 1 saturated carbocycles. The Balaban J connectivity index is 1.83. The Kier molecular flexibility index (Phi) is 5.69. The Morgan fingerprint density at radius 3 is 2.73 bits per heavy atom. The lowest BCUT2D eigenvalue weighted by Crippen LogP contribution is -2.37. The predicted octanol–water partition coefficient (Wildman–Crippen LogP) is 3.00. The summed E-state index contributed by atoms with van der Waals surface area (Å²) in [5.74, 6) is -0.470. The maximum atomic E-state index is 11.7. The molecule has 5 nitrogen and oxygen atoms in total. The first kappa shape index (κ1) is 17.1. The predicted molar refractivity (Wildman–Crippen MR) is 86.1 cm³/mol. The smallest absolute Gasteiger partial charge is 0.344 e. The number of hydrogen-bond donors (Lipinski definition) is 1. The van der Waals surface area contributed by atoms with Crippen molar-refractivity contribution >= 4 is 39.4 Å². The molecule has 1 atom stereocenters. The molecule has 1 N–H and O–H groups in total. The van der Waals surface area contributed by atoms with E-state index >= 15 is 0 Å². The van der Waals surface area contributed by atoms with E-state index < -0.39 is 12.1 Å². The van der Waals surface area contributed by atoms with Gasteiger partial charge in [0.2, 0.25) is 0 Å². The van der Waals surface area contributed by atoms with E-state index in [1.165, 1.54) is 6.92 Å². The highest BCUT2D eigenvalue weighted by molar-refractivity contribution is 9.10. The summed E-state index contributed by atoms with van der Waals surface area (Å²) in [6, 6.07) is 3.74. The molecule has 2 rings (SSSR count). The molecular formula is C15H17BrClNO4. The molecule has 1 aliphatic rings. The van der Waals surface area contributed by atoms with Crippen LogP contribution in [0.2, 0.25) is 5.02 Å². The lowest BCUT2D eigenvalue weighted by molar-refractivity contribution is -0.156. The number of hydrogen-bond acceptors (Lipinski definition) is 4. The molecule has 1 fully saturated rings. The minimum absolute atomic E-state index is 0.231. The normalized spacial score (nSPS) is 15.1. The number of ether oxygens (including phenoxy) is 2. The van der Waals surface area contributed by atoms with Crippen LogP contribution in [-0.2, 0) is 14.3 Å². The summed E-state index contributed by atoms with van der Waals surface area (Å²) in [5.41, 5.74) is 0.798. The number of nitrogens with one attached hydrogen (secondary N) is 1. The van der Waals surface area contributed by atoms with Gasteiger partial charge in [-0.25, -0.2) is 4.79 Å². The fraction of sp³-hybridized carbons (Fsp3) is 0.467. The molecule has 1 aliphatic carbocycles. The van der Waals surface area contributed by atoms with Crippen molar-refractivity contribution in [2.45, 2.75) is 38.8 Å². The second-order valence-electron chi connectivity index (χ2n) is 5.24. The van der Waals surface area contributed by atoms with E-state index in [0.29, 0.717) is 10.8 Å². The Morgan fingerprint density at radius 1 is 1.45 bits per heavy atom. The lowest BCUT2D eigenvalue weighted by Gasteiger charge is -2.14. The van der Waals surface area contributed by atoms with Crippen molar-refractivity contribution in [3.8, 4) is 5.75 Å². The van der Waals surface area contributed by atoms with Crippen LogP contribution >= 0.6 is 27.5 Å². The van der Waals surface area contributed by atoms with Crippen molar-refractivity contribution < 1.29 is 19.1 Å². The van der Waals surface area contributed by atoms with Crippen LogP contribution in [0, 0.1) is 6.92 Å². The average Bonchev–Trinajstić information content (AvgIpc) is 3.21. The number of aryl methyl sites for hydroxylation is 1. The number of carbonyl (C=O) groups is 2. The van der Waals surface area contributed by atoms with Crippen LogP contribution < -0.4 is 10.1 Å². The number of halogens is 2. The Morgan fingerprint density at radius 2 is 2.14 bits per heavy atom. The van der Waals surface area contributed by atoms with E-state index in [2.05, 4.69) is 21.2 Å². The molecular weight excluding hydrogens is 374 g/mol. The van der Waals surface area contributed by atoms with Gasteiger partial charge < -0.3 is 14.8 Å². The van der Waals surface area contributed by atoms with Gasteiger partial charge in [-0.15, -0.1) is 0 Å². The van der Waals surface area contributed by atoms with Gasteiger partial charge in [0.1, 0.15) is 5.75 Å². The molecule has 0 radical (unpaired) electrons. The van der Waals surface area contributed by atoms with Crippen molar-refractivity contribution in [2.24, 2.45) is 0 Å². The van der Waals surface area contributed by atoms with Gasteiger partial charge in [-0.05, 0) is 44.4 Å². The van der Waals surface area contributed by atoms with Gasteiger partial charge in [0.05, 0.1) is 5.02 Å². The molecule has 0 unspecified atom stereocenters. The van der Waals surface area contributed by atoms with Crippen molar-refractivity contribution in [3.05, 3.63) is 27.2 Å².